The summed E-state index contributed by atoms with van der Waals surface area (Å²) in [5.74, 6) is 1.06. The van der Waals surface area contributed by atoms with Crippen LogP contribution in [0.25, 0.3) is 0 Å². The summed E-state index contributed by atoms with van der Waals surface area (Å²) in [6.07, 6.45) is 2.13. The topological polar surface area (TPSA) is 55.2 Å². The quantitative estimate of drug-likeness (QED) is 0.703. The number of rotatable bonds is 2. The zero-order valence-corrected chi connectivity index (χ0v) is 9.30. The Morgan fingerprint density at radius 2 is 2.50 bits per heavy atom. The molecule has 6 heteroatoms. The summed E-state index contributed by atoms with van der Waals surface area (Å²) in [6.45, 7) is 6.69. The van der Waals surface area contributed by atoms with Crippen LogP contribution in [0.2, 0.25) is 0 Å². The molecule has 0 bridgehead atoms. The molecule has 3 rings (SSSR count). The van der Waals surface area contributed by atoms with E-state index in [1.54, 1.807) is 0 Å². The minimum absolute atomic E-state index is 0.322. The summed E-state index contributed by atoms with van der Waals surface area (Å²) in [6, 6.07) is 0. The summed E-state index contributed by atoms with van der Waals surface area (Å²) in [5.41, 5.74) is 0. The van der Waals surface area contributed by atoms with Crippen LogP contribution in [0.1, 0.15) is 5.82 Å². The molecule has 1 N–H and O–H groups in total. The molecule has 1 atom stereocenters. The molecule has 1 unspecified atom stereocenters. The van der Waals surface area contributed by atoms with Crippen molar-refractivity contribution in [2.45, 2.75) is 19.2 Å². The third-order valence-electron chi connectivity index (χ3n) is 3.18. The summed E-state index contributed by atoms with van der Waals surface area (Å²) in [4.78, 5) is 2.39. The van der Waals surface area contributed by atoms with Crippen molar-refractivity contribution in [1.29, 1.82) is 0 Å². The number of fused-ring (bicyclic) bond motifs is 1. The molecule has 1 aromatic heterocycles. The van der Waals surface area contributed by atoms with Crippen molar-refractivity contribution in [3.05, 3.63) is 12.2 Å². The van der Waals surface area contributed by atoms with Crippen LogP contribution in [0.15, 0.2) is 6.33 Å². The van der Waals surface area contributed by atoms with Gasteiger partial charge in [-0.05, 0) is 0 Å². The highest BCUT2D eigenvalue weighted by Crippen LogP contribution is 2.10. The second-order valence-corrected chi connectivity index (χ2v) is 4.37. The average Bonchev–Trinajstić information content (AvgIpc) is 2.77. The Labute approximate surface area is 94.6 Å². The van der Waals surface area contributed by atoms with E-state index in [1.165, 1.54) is 0 Å². The van der Waals surface area contributed by atoms with E-state index in [1.807, 2.05) is 6.33 Å². The molecule has 1 saturated heterocycles. The SMILES string of the molecule is c1nnc2n1CCN(CC1CNCCO1)C2. The Kier molecular flexibility index (Phi) is 2.86. The van der Waals surface area contributed by atoms with Gasteiger partial charge in [-0.2, -0.15) is 0 Å². The smallest absolute Gasteiger partial charge is 0.147 e. The fraction of sp³-hybridized carbons (Fsp3) is 0.800. The number of nitrogens with one attached hydrogen (secondary N) is 1. The van der Waals surface area contributed by atoms with E-state index in [-0.39, 0.29) is 0 Å². The maximum Gasteiger partial charge on any atom is 0.147 e. The predicted octanol–water partition coefficient (Wildman–Crippen LogP) is -0.918. The summed E-state index contributed by atoms with van der Waals surface area (Å²) in [7, 11) is 0. The molecule has 1 fully saturated rings. The van der Waals surface area contributed by atoms with Gasteiger partial charge in [-0.3, -0.25) is 4.90 Å². The van der Waals surface area contributed by atoms with Crippen molar-refractivity contribution in [2.24, 2.45) is 0 Å². The first kappa shape index (κ1) is 10.2. The van der Waals surface area contributed by atoms with Crippen LogP contribution in [0, 0.1) is 0 Å². The molecule has 3 heterocycles. The Morgan fingerprint density at radius 3 is 3.38 bits per heavy atom. The molecule has 0 radical (unpaired) electrons. The van der Waals surface area contributed by atoms with E-state index in [4.69, 9.17) is 4.74 Å². The van der Waals surface area contributed by atoms with Crippen molar-refractivity contribution >= 4 is 0 Å². The third kappa shape index (κ3) is 2.09. The average molecular weight is 223 g/mol. The highest BCUT2D eigenvalue weighted by molar-refractivity contribution is 4.90. The number of nitrogens with zero attached hydrogens (tertiary/aromatic N) is 4. The summed E-state index contributed by atoms with van der Waals surface area (Å²) in [5, 5.41) is 11.4. The lowest BCUT2D eigenvalue weighted by atomic mass is 10.2. The fourth-order valence-corrected chi connectivity index (χ4v) is 2.30. The fourth-order valence-electron chi connectivity index (χ4n) is 2.30. The highest BCUT2D eigenvalue weighted by Gasteiger charge is 2.22. The van der Waals surface area contributed by atoms with Gasteiger partial charge < -0.3 is 14.6 Å². The number of morpholine rings is 1. The third-order valence-corrected chi connectivity index (χ3v) is 3.18. The van der Waals surface area contributed by atoms with Gasteiger partial charge in [0, 0.05) is 32.7 Å². The number of hydrogen-bond acceptors (Lipinski definition) is 5. The molecule has 0 amide bonds. The molecule has 16 heavy (non-hydrogen) atoms. The van der Waals surface area contributed by atoms with Crippen molar-refractivity contribution in [3.8, 4) is 0 Å². The van der Waals surface area contributed by atoms with Crippen LogP contribution in [0.3, 0.4) is 0 Å². The minimum Gasteiger partial charge on any atom is -0.374 e. The Bertz CT molecular complexity index is 347. The lowest BCUT2D eigenvalue weighted by Crippen LogP contribution is -2.47. The van der Waals surface area contributed by atoms with Crippen LogP contribution in [0.5, 0.6) is 0 Å². The first-order valence-corrected chi connectivity index (χ1v) is 5.83. The molecule has 88 valence electrons. The number of aromatic nitrogens is 3. The van der Waals surface area contributed by atoms with Gasteiger partial charge in [0.05, 0.1) is 19.3 Å². The number of ether oxygens (including phenoxy) is 1. The molecular formula is C10H17N5O. The Morgan fingerprint density at radius 1 is 1.50 bits per heavy atom. The van der Waals surface area contributed by atoms with Gasteiger partial charge >= 0.3 is 0 Å². The molecule has 6 nitrogen and oxygen atoms in total. The van der Waals surface area contributed by atoms with E-state index < -0.39 is 0 Å². The molecule has 2 aliphatic heterocycles. The first-order valence-electron chi connectivity index (χ1n) is 5.83. The molecular weight excluding hydrogens is 206 g/mol. The van der Waals surface area contributed by atoms with Gasteiger partial charge in [0.25, 0.3) is 0 Å². The zero-order valence-electron chi connectivity index (χ0n) is 9.30. The largest absolute Gasteiger partial charge is 0.374 e. The van der Waals surface area contributed by atoms with Crippen LogP contribution in [0.4, 0.5) is 0 Å². The first-order chi connectivity index (χ1) is 7.92. The predicted molar refractivity (Wildman–Crippen MR) is 57.9 cm³/mol. The van der Waals surface area contributed by atoms with Crippen molar-refractivity contribution in [1.82, 2.24) is 25.0 Å². The number of hydrogen-bond donors (Lipinski definition) is 1. The monoisotopic (exact) mass is 223 g/mol. The summed E-state index contributed by atoms with van der Waals surface area (Å²) < 4.78 is 7.82. The lowest BCUT2D eigenvalue weighted by molar-refractivity contribution is 0.000354. The van der Waals surface area contributed by atoms with E-state index in [9.17, 15) is 0 Å². The normalized spacial score (nSPS) is 26.6. The minimum atomic E-state index is 0.322. The van der Waals surface area contributed by atoms with Gasteiger partial charge in [0.15, 0.2) is 0 Å². The van der Waals surface area contributed by atoms with Crippen molar-refractivity contribution in [3.63, 3.8) is 0 Å². The molecule has 0 saturated carbocycles. The van der Waals surface area contributed by atoms with E-state index >= 15 is 0 Å². The highest BCUT2D eigenvalue weighted by atomic mass is 16.5. The summed E-state index contributed by atoms with van der Waals surface area (Å²) >= 11 is 0. The van der Waals surface area contributed by atoms with E-state index in [0.717, 1.165) is 51.7 Å². The maximum atomic E-state index is 5.70. The second kappa shape index (κ2) is 4.48. The van der Waals surface area contributed by atoms with Crippen molar-refractivity contribution < 1.29 is 4.74 Å². The van der Waals surface area contributed by atoms with Crippen LogP contribution in [-0.2, 0) is 17.8 Å². The van der Waals surface area contributed by atoms with Gasteiger partial charge in [0.1, 0.15) is 12.2 Å². The maximum absolute atomic E-state index is 5.70. The standard InChI is InChI=1S/C10H17N5O/c1-4-16-9(5-11-1)6-14-2-3-15-8-12-13-10(15)7-14/h8-9,11H,1-7H2. The van der Waals surface area contributed by atoms with Gasteiger partial charge in [-0.15, -0.1) is 10.2 Å². The lowest BCUT2D eigenvalue weighted by Gasteiger charge is -2.32. The molecule has 1 aromatic rings. The van der Waals surface area contributed by atoms with E-state index in [0.29, 0.717) is 6.10 Å². The van der Waals surface area contributed by atoms with Crippen LogP contribution >= 0.6 is 0 Å². The zero-order chi connectivity index (χ0) is 10.8. The Balaban J connectivity index is 1.57. The van der Waals surface area contributed by atoms with Gasteiger partial charge in [-0.1, -0.05) is 0 Å². The van der Waals surface area contributed by atoms with Crippen molar-refractivity contribution in [2.75, 3.05) is 32.8 Å². The molecule has 0 spiro atoms. The van der Waals surface area contributed by atoms with Crippen LogP contribution < -0.4 is 5.32 Å². The Hall–Kier alpha value is -0.980. The molecule has 2 aliphatic rings. The van der Waals surface area contributed by atoms with E-state index in [2.05, 4.69) is 25.0 Å². The molecule has 0 aromatic carbocycles. The van der Waals surface area contributed by atoms with Gasteiger partial charge in [-0.25, -0.2) is 0 Å². The second-order valence-electron chi connectivity index (χ2n) is 4.37. The van der Waals surface area contributed by atoms with Gasteiger partial charge in [0.2, 0.25) is 0 Å². The molecule has 0 aliphatic carbocycles. The van der Waals surface area contributed by atoms with Crippen LogP contribution in [-0.4, -0.2) is 58.6 Å².